The van der Waals surface area contributed by atoms with Gasteiger partial charge >= 0.3 is 12.1 Å². The largest absolute Gasteiger partial charge is 0.490 e. The molecule has 0 aliphatic carbocycles. The SMILES string of the molecule is CS(=O)(=O)N[C@@H]1CN(Cc2ccco2)C[C@@H]2CCCO[C@@H]21.O=C(O)C(F)(F)F. The van der Waals surface area contributed by atoms with E-state index in [0.29, 0.717) is 19.0 Å². The number of alkyl halides is 3. The Balaban J connectivity index is 0.000000345. The number of piperidine rings is 1. The normalized spacial score (nSPS) is 26.1. The van der Waals surface area contributed by atoms with Gasteiger partial charge in [-0.05, 0) is 30.9 Å². The van der Waals surface area contributed by atoms with Crippen molar-refractivity contribution in [2.24, 2.45) is 5.92 Å². The minimum Gasteiger partial charge on any atom is -0.475 e. The highest BCUT2D eigenvalue weighted by Crippen LogP contribution is 2.29. The molecule has 0 saturated carbocycles. The molecule has 1 aromatic rings. The molecule has 3 atom stereocenters. The van der Waals surface area contributed by atoms with Gasteiger partial charge in [0.2, 0.25) is 10.0 Å². The molecular formula is C16H23F3N2O6S. The number of aliphatic carboxylic acids is 1. The van der Waals surface area contributed by atoms with Gasteiger partial charge in [0.1, 0.15) is 5.76 Å². The highest BCUT2D eigenvalue weighted by Gasteiger charge is 2.40. The molecule has 0 radical (unpaired) electrons. The van der Waals surface area contributed by atoms with E-state index in [1.165, 1.54) is 6.26 Å². The minimum atomic E-state index is -5.08. The number of carboxylic acids is 1. The first kappa shape index (κ1) is 22.7. The number of sulfonamides is 1. The molecule has 2 N–H and O–H groups in total. The summed E-state index contributed by atoms with van der Waals surface area (Å²) < 4.78 is 68.9. The summed E-state index contributed by atoms with van der Waals surface area (Å²) in [6.45, 7) is 3.00. The maximum atomic E-state index is 11.6. The number of ether oxygens (including phenoxy) is 1. The second-order valence-electron chi connectivity index (χ2n) is 6.81. The molecule has 0 spiro atoms. The van der Waals surface area contributed by atoms with Gasteiger partial charge in [0.15, 0.2) is 0 Å². The summed E-state index contributed by atoms with van der Waals surface area (Å²) in [6.07, 6.45) is -0.0990. The van der Waals surface area contributed by atoms with Gasteiger partial charge in [-0.2, -0.15) is 13.2 Å². The molecule has 2 saturated heterocycles. The van der Waals surface area contributed by atoms with Crippen molar-refractivity contribution < 1.29 is 40.6 Å². The van der Waals surface area contributed by atoms with E-state index < -0.39 is 22.2 Å². The van der Waals surface area contributed by atoms with Crippen molar-refractivity contribution in [3.63, 3.8) is 0 Å². The van der Waals surface area contributed by atoms with Crippen LogP contribution in [0.2, 0.25) is 0 Å². The van der Waals surface area contributed by atoms with Gasteiger partial charge in [0, 0.05) is 19.7 Å². The van der Waals surface area contributed by atoms with E-state index in [1.807, 2.05) is 12.1 Å². The second-order valence-corrected chi connectivity index (χ2v) is 8.59. The van der Waals surface area contributed by atoms with Crippen LogP contribution in [0.15, 0.2) is 22.8 Å². The molecule has 1 aromatic heterocycles. The Hall–Kier alpha value is -1.63. The second kappa shape index (κ2) is 9.25. The van der Waals surface area contributed by atoms with Gasteiger partial charge < -0.3 is 14.3 Å². The first-order valence-electron chi connectivity index (χ1n) is 8.59. The summed E-state index contributed by atoms with van der Waals surface area (Å²) in [7, 11) is -3.24. The Morgan fingerprint density at radius 3 is 2.61 bits per heavy atom. The van der Waals surface area contributed by atoms with Crippen molar-refractivity contribution in [2.45, 2.75) is 37.7 Å². The first-order valence-corrected chi connectivity index (χ1v) is 10.5. The van der Waals surface area contributed by atoms with Crippen LogP contribution >= 0.6 is 0 Å². The van der Waals surface area contributed by atoms with Gasteiger partial charge in [-0.25, -0.2) is 17.9 Å². The van der Waals surface area contributed by atoms with Crippen molar-refractivity contribution in [2.75, 3.05) is 26.0 Å². The summed E-state index contributed by atoms with van der Waals surface area (Å²) >= 11 is 0. The molecule has 0 unspecified atom stereocenters. The Labute approximate surface area is 160 Å². The van der Waals surface area contributed by atoms with E-state index >= 15 is 0 Å². The number of hydrogen-bond donors (Lipinski definition) is 2. The lowest BCUT2D eigenvalue weighted by Gasteiger charge is -2.45. The molecule has 0 aromatic carbocycles. The van der Waals surface area contributed by atoms with E-state index in [9.17, 15) is 21.6 Å². The summed E-state index contributed by atoms with van der Waals surface area (Å²) in [5, 5.41) is 7.12. The van der Waals surface area contributed by atoms with E-state index in [0.717, 1.165) is 31.8 Å². The zero-order valence-corrected chi connectivity index (χ0v) is 16.0. The standard InChI is InChI=1S/C14H22N2O4S.C2HF3O2/c1-21(17,18)15-13-10-16(9-12-5-3-6-19-12)8-11-4-2-7-20-14(11)13;3-2(4,5)1(6)7/h3,5-6,11,13-15H,2,4,7-10H2,1H3;(H,6,7)/t11-,13+,14-;/m0./s1. The number of nitrogens with one attached hydrogen (secondary N) is 1. The van der Waals surface area contributed by atoms with Crippen LogP contribution in [0.25, 0.3) is 0 Å². The molecular weight excluding hydrogens is 405 g/mol. The maximum absolute atomic E-state index is 11.6. The average molecular weight is 428 g/mol. The van der Waals surface area contributed by atoms with Crippen LogP contribution in [0.3, 0.4) is 0 Å². The number of nitrogens with zero attached hydrogens (tertiary/aromatic N) is 1. The topological polar surface area (TPSA) is 109 Å². The number of rotatable bonds is 4. The number of furan rings is 1. The summed E-state index contributed by atoms with van der Waals surface area (Å²) in [5.74, 6) is -1.47. The van der Waals surface area contributed by atoms with Crippen LogP contribution in [0.5, 0.6) is 0 Å². The fourth-order valence-electron chi connectivity index (χ4n) is 3.42. The molecule has 12 heteroatoms. The van der Waals surface area contributed by atoms with Crippen LogP contribution < -0.4 is 4.72 Å². The fourth-order valence-corrected chi connectivity index (χ4v) is 4.18. The number of hydrogen-bond acceptors (Lipinski definition) is 6. The molecule has 28 heavy (non-hydrogen) atoms. The van der Waals surface area contributed by atoms with Crippen molar-refractivity contribution in [1.29, 1.82) is 0 Å². The van der Waals surface area contributed by atoms with E-state index in [-0.39, 0.29) is 12.1 Å². The van der Waals surface area contributed by atoms with Crippen molar-refractivity contribution in [3.05, 3.63) is 24.2 Å². The van der Waals surface area contributed by atoms with Crippen LogP contribution in [0.1, 0.15) is 18.6 Å². The summed E-state index contributed by atoms with van der Waals surface area (Å²) in [4.78, 5) is 11.1. The third-order valence-corrected chi connectivity index (χ3v) is 5.14. The molecule has 2 fully saturated rings. The van der Waals surface area contributed by atoms with Gasteiger partial charge in [-0.3, -0.25) is 4.90 Å². The minimum absolute atomic E-state index is 0.0127. The Kier molecular flexibility index (Phi) is 7.48. The lowest BCUT2D eigenvalue weighted by molar-refractivity contribution is -0.192. The van der Waals surface area contributed by atoms with Crippen molar-refractivity contribution >= 4 is 16.0 Å². The number of carboxylic acid groups (broad SMARTS) is 1. The van der Waals surface area contributed by atoms with Crippen LogP contribution in [0.4, 0.5) is 13.2 Å². The number of halogens is 3. The lowest BCUT2D eigenvalue weighted by atomic mass is 9.86. The molecule has 2 aliphatic heterocycles. The van der Waals surface area contributed by atoms with Crippen LogP contribution in [-0.4, -0.2) is 68.7 Å². The zero-order chi connectivity index (χ0) is 20.9. The van der Waals surface area contributed by atoms with Gasteiger partial charge in [0.05, 0.1) is 31.2 Å². The molecule has 8 nitrogen and oxygen atoms in total. The third kappa shape index (κ3) is 7.08. The zero-order valence-electron chi connectivity index (χ0n) is 15.2. The molecule has 3 rings (SSSR count). The summed E-state index contributed by atoms with van der Waals surface area (Å²) in [5.41, 5.74) is 0. The van der Waals surface area contributed by atoms with Crippen molar-refractivity contribution in [1.82, 2.24) is 9.62 Å². The quantitative estimate of drug-likeness (QED) is 0.747. The smallest absolute Gasteiger partial charge is 0.475 e. The van der Waals surface area contributed by atoms with Gasteiger partial charge in [-0.1, -0.05) is 0 Å². The van der Waals surface area contributed by atoms with E-state index in [1.54, 1.807) is 6.26 Å². The Bertz CT molecular complexity index is 738. The highest BCUT2D eigenvalue weighted by atomic mass is 32.2. The molecule has 160 valence electrons. The highest BCUT2D eigenvalue weighted by molar-refractivity contribution is 7.88. The van der Waals surface area contributed by atoms with E-state index in [4.69, 9.17) is 19.1 Å². The predicted molar refractivity (Wildman–Crippen MR) is 91.9 cm³/mol. The lowest BCUT2D eigenvalue weighted by Crippen LogP contribution is -2.60. The monoisotopic (exact) mass is 428 g/mol. The molecule has 3 heterocycles. The average Bonchev–Trinajstić information content (AvgIpc) is 3.06. The van der Waals surface area contributed by atoms with E-state index in [2.05, 4.69) is 9.62 Å². The van der Waals surface area contributed by atoms with Gasteiger partial charge in [-0.15, -0.1) is 0 Å². The van der Waals surface area contributed by atoms with Gasteiger partial charge in [0.25, 0.3) is 0 Å². The maximum Gasteiger partial charge on any atom is 0.490 e. The van der Waals surface area contributed by atoms with Crippen LogP contribution in [0, 0.1) is 5.92 Å². The Morgan fingerprint density at radius 2 is 2.07 bits per heavy atom. The summed E-state index contributed by atoms with van der Waals surface area (Å²) in [6, 6.07) is 3.63. The molecule has 0 amide bonds. The third-order valence-electron chi connectivity index (χ3n) is 4.41. The number of carbonyl (C=O) groups is 1. The molecule has 0 bridgehead atoms. The molecule has 2 aliphatic rings. The number of likely N-dealkylation sites (tertiary alicyclic amines) is 1. The Morgan fingerprint density at radius 1 is 1.39 bits per heavy atom. The number of fused-ring (bicyclic) bond motifs is 1. The van der Waals surface area contributed by atoms with Crippen molar-refractivity contribution in [3.8, 4) is 0 Å². The van der Waals surface area contributed by atoms with Crippen LogP contribution in [-0.2, 0) is 26.1 Å². The first-order chi connectivity index (χ1) is 13.0. The fraction of sp³-hybridized carbons (Fsp3) is 0.688. The predicted octanol–water partition coefficient (Wildman–Crippen LogP) is 1.44.